The molecule has 0 fully saturated rings. The van der Waals surface area contributed by atoms with E-state index in [1.54, 1.807) is 0 Å². The number of aromatic nitrogens is 1. The maximum absolute atomic E-state index is 13.2. The van der Waals surface area contributed by atoms with E-state index in [9.17, 15) is 28.2 Å². The van der Waals surface area contributed by atoms with Gasteiger partial charge in [0, 0.05) is 49.6 Å². The Balaban J connectivity index is 1.86. The van der Waals surface area contributed by atoms with Crippen LogP contribution >= 0.6 is 0 Å². The summed E-state index contributed by atoms with van der Waals surface area (Å²) in [5.74, 6) is -0.236. The molecule has 8 heteroatoms. The number of ketones is 1. The van der Waals surface area contributed by atoms with Crippen molar-refractivity contribution in [3.63, 3.8) is 0 Å². The van der Waals surface area contributed by atoms with Crippen molar-refractivity contribution in [1.29, 1.82) is 0 Å². The molecule has 0 aliphatic carbocycles. The molecule has 0 bridgehead atoms. The molecule has 2 aromatic carbocycles. The highest BCUT2D eigenvalue weighted by atomic mass is 19.4. The van der Waals surface area contributed by atoms with Gasteiger partial charge in [0.2, 0.25) is 0 Å². The largest absolute Gasteiger partial charge is 0.416 e. The second kappa shape index (κ2) is 12.2. The van der Waals surface area contributed by atoms with Gasteiger partial charge in [0.15, 0.2) is 5.78 Å². The number of nitrogens with zero attached hydrogens (tertiary/aromatic N) is 2. The van der Waals surface area contributed by atoms with Crippen LogP contribution in [-0.2, 0) is 19.1 Å². The number of aliphatic hydroxyl groups excluding tert-OH is 2. The molecule has 0 atom stereocenters. The van der Waals surface area contributed by atoms with Crippen LogP contribution in [0.2, 0.25) is 0 Å². The van der Waals surface area contributed by atoms with Gasteiger partial charge in [-0.3, -0.25) is 9.69 Å². The normalized spacial score (nSPS) is 11.9. The Morgan fingerprint density at radius 1 is 0.943 bits per heavy atom. The van der Waals surface area contributed by atoms with Gasteiger partial charge in [-0.25, -0.2) is 0 Å². The minimum absolute atomic E-state index is 0.00595. The molecule has 0 aliphatic rings. The molecule has 2 N–H and O–H groups in total. The smallest absolute Gasteiger partial charge is 0.395 e. The average molecular weight is 489 g/mol. The molecule has 0 spiro atoms. The first-order chi connectivity index (χ1) is 16.7. The van der Waals surface area contributed by atoms with Crippen LogP contribution in [0, 0.1) is 6.92 Å². The van der Waals surface area contributed by atoms with E-state index in [2.05, 4.69) is 4.57 Å². The van der Waals surface area contributed by atoms with E-state index in [0.717, 1.165) is 35.5 Å². The third-order valence-corrected chi connectivity index (χ3v) is 6.04. The summed E-state index contributed by atoms with van der Waals surface area (Å²) in [5.41, 5.74) is 2.61. The number of aliphatic hydroxyl groups is 2. The predicted molar refractivity (Wildman–Crippen MR) is 129 cm³/mol. The molecule has 5 nitrogen and oxygen atoms in total. The summed E-state index contributed by atoms with van der Waals surface area (Å²) < 4.78 is 41.3. The third-order valence-electron chi connectivity index (χ3n) is 6.04. The molecule has 0 amide bonds. The van der Waals surface area contributed by atoms with Crippen LogP contribution in [0.5, 0.6) is 0 Å². The van der Waals surface area contributed by atoms with Gasteiger partial charge in [-0.2, -0.15) is 13.2 Å². The summed E-state index contributed by atoms with van der Waals surface area (Å²) in [4.78, 5) is 15.2. The molecule has 1 heterocycles. The lowest BCUT2D eigenvalue weighted by atomic mass is 10.0. The van der Waals surface area contributed by atoms with Gasteiger partial charge in [-0.05, 0) is 36.6 Å². The number of rotatable bonds is 12. The highest BCUT2D eigenvalue weighted by Gasteiger charge is 2.30. The van der Waals surface area contributed by atoms with Crippen molar-refractivity contribution in [1.82, 2.24) is 9.47 Å². The van der Waals surface area contributed by atoms with E-state index in [-0.39, 0.29) is 25.4 Å². The topological polar surface area (TPSA) is 65.7 Å². The zero-order valence-corrected chi connectivity index (χ0v) is 19.8. The van der Waals surface area contributed by atoms with Crippen LogP contribution in [0.25, 0.3) is 11.3 Å². The Hall–Kier alpha value is -2.94. The number of carbonyl (C=O) groups excluding carboxylic acids is 1. The summed E-state index contributed by atoms with van der Waals surface area (Å²) in [5, 5.41) is 18.5. The number of Topliss-reactive ketones (excluding diaryl/α,β-unsaturated/α-hetero) is 1. The van der Waals surface area contributed by atoms with E-state index < -0.39 is 11.7 Å². The monoisotopic (exact) mass is 488 g/mol. The molecule has 3 rings (SSSR count). The van der Waals surface area contributed by atoms with Crippen molar-refractivity contribution in [2.24, 2.45) is 0 Å². The lowest BCUT2D eigenvalue weighted by Crippen LogP contribution is -2.31. The number of carbonyl (C=O) groups is 1. The van der Waals surface area contributed by atoms with Gasteiger partial charge >= 0.3 is 6.18 Å². The van der Waals surface area contributed by atoms with Crippen molar-refractivity contribution in [3.8, 4) is 11.3 Å². The van der Waals surface area contributed by atoms with Gasteiger partial charge in [-0.15, -0.1) is 0 Å². The Bertz CT molecular complexity index is 1100. The molecule has 35 heavy (non-hydrogen) atoms. The zero-order chi connectivity index (χ0) is 25.4. The van der Waals surface area contributed by atoms with Crippen molar-refractivity contribution in [3.05, 3.63) is 83.0 Å². The molecule has 0 radical (unpaired) electrons. The Morgan fingerprint density at radius 2 is 1.63 bits per heavy atom. The zero-order valence-electron chi connectivity index (χ0n) is 19.8. The van der Waals surface area contributed by atoms with Crippen molar-refractivity contribution < 1.29 is 28.2 Å². The fourth-order valence-electron chi connectivity index (χ4n) is 4.27. The summed E-state index contributed by atoms with van der Waals surface area (Å²) in [6, 6.07) is 16.3. The quantitative estimate of drug-likeness (QED) is 0.366. The molecule has 0 saturated heterocycles. The average Bonchev–Trinajstić information content (AvgIpc) is 3.16. The highest BCUT2D eigenvalue weighted by Crippen LogP contribution is 2.31. The summed E-state index contributed by atoms with van der Waals surface area (Å²) in [6.07, 6.45) is -3.85. The lowest BCUT2D eigenvalue weighted by Gasteiger charge is -2.21. The maximum atomic E-state index is 13.2. The summed E-state index contributed by atoms with van der Waals surface area (Å²) >= 11 is 0. The van der Waals surface area contributed by atoms with E-state index in [4.69, 9.17) is 0 Å². The first-order valence-corrected chi connectivity index (χ1v) is 11.6. The number of alkyl halides is 3. The van der Waals surface area contributed by atoms with Gasteiger partial charge in [0.1, 0.15) is 0 Å². The van der Waals surface area contributed by atoms with Crippen LogP contribution in [0.3, 0.4) is 0 Å². The number of benzene rings is 2. The number of hydrogen-bond donors (Lipinski definition) is 2. The molecular formula is C27H31F3N2O3. The van der Waals surface area contributed by atoms with Crippen LogP contribution in [0.1, 0.15) is 33.6 Å². The Kier molecular flexibility index (Phi) is 9.26. The SMILES string of the molecule is Cc1c(C(=O)Cc2cccc(C(F)(F)F)c2)cc(-c2ccccc2)n1CCCN(CCO)CCO. The minimum atomic E-state index is -4.46. The number of halogens is 3. The standard InChI is InChI=1S/C27H31F3N2O3/c1-20-24(26(35)18-21-7-5-10-23(17-21)27(28,29)30)19-25(22-8-3-2-4-9-22)32(20)12-6-11-31(13-15-33)14-16-34/h2-5,7-10,17,19,33-34H,6,11-16,18H2,1H3. The third kappa shape index (κ3) is 7.04. The fourth-order valence-corrected chi connectivity index (χ4v) is 4.27. The molecule has 0 aliphatic heterocycles. The van der Waals surface area contributed by atoms with E-state index in [1.165, 1.54) is 12.1 Å². The van der Waals surface area contributed by atoms with Crippen LogP contribution in [0.15, 0.2) is 60.7 Å². The van der Waals surface area contributed by atoms with Gasteiger partial charge in [0.05, 0.1) is 18.8 Å². The predicted octanol–water partition coefficient (Wildman–Crippen LogP) is 4.58. The van der Waals surface area contributed by atoms with Crippen LogP contribution in [0.4, 0.5) is 13.2 Å². The molecule has 0 unspecified atom stereocenters. The molecule has 0 saturated carbocycles. The Labute approximate surface area is 203 Å². The van der Waals surface area contributed by atoms with E-state index >= 15 is 0 Å². The highest BCUT2D eigenvalue weighted by molar-refractivity contribution is 6.00. The van der Waals surface area contributed by atoms with E-state index in [0.29, 0.717) is 37.3 Å². The van der Waals surface area contributed by atoms with Crippen LogP contribution in [-0.4, -0.2) is 58.3 Å². The number of hydrogen-bond acceptors (Lipinski definition) is 4. The molecule has 3 aromatic rings. The maximum Gasteiger partial charge on any atom is 0.416 e. The van der Waals surface area contributed by atoms with Crippen molar-refractivity contribution in [2.45, 2.75) is 32.5 Å². The second-order valence-electron chi connectivity index (χ2n) is 8.49. The van der Waals surface area contributed by atoms with Gasteiger partial charge in [-0.1, -0.05) is 48.5 Å². The van der Waals surface area contributed by atoms with Gasteiger partial charge < -0.3 is 14.8 Å². The minimum Gasteiger partial charge on any atom is -0.395 e. The van der Waals surface area contributed by atoms with Crippen LogP contribution < -0.4 is 0 Å². The first-order valence-electron chi connectivity index (χ1n) is 11.6. The summed E-state index contributed by atoms with van der Waals surface area (Å²) in [6.45, 7) is 4.08. The first kappa shape index (κ1) is 26.7. The Morgan fingerprint density at radius 3 is 2.26 bits per heavy atom. The van der Waals surface area contributed by atoms with Gasteiger partial charge in [0.25, 0.3) is 0 Å². The lowest BCUT2D eigenvalue weighted by molar-refractivity contribution is -0.137. The molecule has 188 valence electrons. The second-order valence-corrected chi connectivity index (χ2v) is 8.49. The van der Waals surface area contributed by atoms with E-state index in [1.807, 2.05) is 48.2 Å². The molecular weight excluding hydrogens is 457 g/mol. The fraction of sp³-hybridized carbons (Fsp3) is 0.370. The summed E-state index contributed by atoms with van der Waals surface area (Å²) in [7, 11) is 0. The molecule has 1 aromatic heterocycles. The van der Waals surface area contributed by atoms with Crippen molar-refractivity contribution >= 4 is 5.78 Å². The van der Waals surface area contributed by atoms with Crippen molar-refractivity contribution in [2.75, 3.05) is 32.8 Å².